The minimum absolute atomic E-state index is 0.404. The van der Waals surface area contributed by atoms with Gasteiger partial charge in [-0.15, -0.1) is 0 Å². The van der Waals surface area contributed by atoms with E-state index in [4.69, 9.17) is 4.74 Å². The van der Waals surface area contributed by atoms with Crippen LogP contribution in [0.5, 0.6) is 0 Å². The standard InChI is InChI=1S/C11H14.C10H12O/c1-2-9-3-5-10(6-4-9)11-7-8-11;1-2-8-4-3-5-9(6-8)10-7-11-10/h3-6,11H,2,7-8H2,1H3;3-6,10H,2,7H2,1H3. The molecule has 1 aliphatic carbocycles. The van der Waals surface area contributed by atoms with Gasteiger partial charge in [-0.3, -0.25) is 0 Å². The van der Waals surface area contributed by atoms with E-state index in [0.29, 0.717) is 6.10 Å². The molecule has 4 rings (SSSR count). The molecule has 1 heterocycles. The molecule has 2 aromatic rings. The predicted molar refractivity (Wildman–Crippen MR) is 92.3 cm³/mol. The molecule has 0 radical (unpaired) electrons. The second-order valence-electron chi connectivity index (χ2n) is 6.29. The van der Waals surface area contributed by atoms with Crippen LogP contribution in [0.4, 0.5) is 0 Å². The fourth-order valence-electron chi connectivity index (χ4n) is 2.70. The van der Waals surface area contributed by atoms with E-state index in [0.717, 1.165) is 25.4 Å². The minimum Gasteiger partial charge on any atom is -0.368 e. The lowest BCUT2D eigenvalue weighted by Crippen LogP contribution is -1.84. The molecule has 1 saturated carbocycles. The van der Waals surface area contributed by atoms with Crippen LogP contribution in [0.25, 0.3) is 0 Å². The van der Waals surface area contributed by atoms with Crippen LogP contribution in [-0.4, -0.2) is 6.61 Å². The van der Waals surface area contributed by atoms with Crippen molar-refractivity contribution in [3.8, 4) is 0 Å². The molecule has 22 heavy (non-hydrogen) atoms. The van der Waals surface area contributed by atoms with E-state index in [2.05, 4.69) is 62.4 Å². The van der Waals surface area contributed by atoms with Crippen molar-refractivity contribution in [1.82, 2.24) is 0 Å². The summed E-state index contributed by atoms with van der Waals surface area (Å²) in [5, 5.41) is 0. The van der Waals surface area contributed by atoms with Gasteiger partial charge in [-0.2, -0.15) is 0 Å². The Morgan fingerprint density at radius 2 is 1.55 bits per heavy atom. The zero-order chi connectivity index (χ0) is 15.4. The molecule has 1 heteroatoms. The Labute approximate surface area is 134 Å². The van der Waals surface area contributed by atoms with Gasteiger partial charge in [-0.25, -0.2) is 0 Å². The summed E-state index contributed by atoms with van der Waals surface area (Å²) in [6, 6.07) is 17.7. The van der Waals surface area contributed by atoms with Crippen LogP contribution >= 0.6 is 0 Å². The maximum absolute atomic E-state index is 5.19. The number of epoxide rings is 1. The Kier molecular flexibility index (Phi) is 4.94. The van der Waals surface area contributed by atoms with Crippen molar-refractivity contribution in [1.29, 1.82) is 0 Å². The average molecular weight is 294 g/mol. The Hall–Kier alpha value is -1.60. The second-order valence-corrected chi connectivity index (χ2v) is 6.29. The summed E-state index contributed by atoms with van der Waals surface area (Å²) in [5.74, 6) is 0.904. The summed E-state index contributed by atoms with van der Waals surface area (Å²) < 4.78 is 5.19. The lowest BCUT2D eigenvalue weighted by molar-refractivity contribution is 0.415. The molecule has 0 aromatic heterocycles. The fourth-order valence-corrected chi connectivity index (χ4v) is 2.70. The van der Waals surface area contributed by atoms with Gasteiger partial charge in [0.15, 0.2) is 0 Å². The van der Waals surface area contributed by atoms with Crippen LogP contribution in [0.15, 0.2) is 48.5 Å². The van der Waals surface area contributed by atoms with Crippen molar-refractivity contribution < 1.29 is 4.74 Å². The number of rotatable bonds is 4. The summed E-state index contributed by atoms with van der Waals surface area (Å²) in [4.78, 5) is 0. The zero-order valence-electron chi connectivity index (χ0n) is 13.7. The molecule has 1 aliphatic heterocycles. The molecule has 116 valence electrons. The summed E-state index contributed by atoms with van der Waals surface area (Å²) in [6.07, 6.45) is 5.49. The highest BCUT2D eigenvalue weighted by molar-refractivity contribution is 5.28. The van der Waals surface area contributed by atoms with Crippen molar-refractivity contribution >= 4 is 0 Å². The lowest BCUT2D eigenvalue weighted by atomic mass is 10.1. The zero-order valence-corrected chi connectivity index (χ0v) is 13.7. The smallest absolute Gasteiger partial charge is 0.106 e. The summed E-state index contributed by atoms with van der Waals surface area (Å²) in [5.41, 5.74) is 5.74. The first-order chi connectivity index (χ1) is 10.8. The van der Waals surface area contributed by atoms with E-state index in [1.165, 1.54) is 29.5 Å². The third-order valence-electron chi connectivity index (χ3n) is 4.50. The molecule has 1 unspecified atom stereocenters. The highest BCUT2D eigenvalue weighted by atomic mass is 16.6. The molecule has 1 nitrogen and oxygen atoms in total. The van der Waals surface area contributed by atoms with Crippen molar-refractivity contribution in [2.24, 2.45) is 0 Å². The van der Waals surface area contributed by atoms with Crippen LogP contribution in [0.2, 0.25) is 0 Å². The van der Waals surface area contributed by atoms with Crippen LogP contribution in [-0.2, 0) is 17.6 Å². The van der Waals surface area contributed by atoms with Gasteiger partial charge in [0, 0.05) is 0 Å². The Balaban J connectivity index is 0.000000131. The number of hydrogen-bond acceptors (Lipinski definition) is 1. The van der Waals surface area contributed by atoms with Gasteiger partial charge in [0.2, 0.25) is 0 Å². The largest absolute Gasteiger partial charge is 0.368 e. The first-order valence-electron chi connectivity index (χ1n) is 8.59. The van der Waals surface area contributed by atoms with Gasteiger partial charge < -0.3 is 4.74 Å². The maximum Gasteiger partial charge on any atom is 0.106 e. The van der Waals surface area contributed by atoms with Crippen LogP contribution in [0.1, 0.15) is 61.0 Å². The maximum atomic E-state index is 5.19. The normalized spacial score (nSPS) is 19.3. The number of aryl methyl sites for hydroxylation is 2. The Morgan fingerprint density at radius 3 is 2.09 bits per heavy atom. The average Bonchev–Trinajstić information content (AvgIpc) is 3.47. The molecular weight excluding hydrogens is 268 g/mol. The molecule has 1 saturated heterocycles. The minimum atomic E-state index is 0.404. The molecule has 0 bridgehead atoms. The van der Waals surface area contributed by atoms with Gasteiger partial charge in [-0.1, -0.05) is 62.4 Å². The second kappa shape index (κ2) is 7.11. The van der Waals surface area contributed by atoms with E-state index in [-0.39, 0.29) is 0 Å². The Morgan fingerprint density at radius 1 is 0.864 bits per heavy atom. The highest BCUT2D eigenvalue weighted by Gasteiger charge is 2.24. The van der Waals surface area contributed by atoms with E-state index in [1.807, 2.05) is 0 Å². The molecule has 0 spiro atoms. The Bertz CT molecular complexity index is 592. The molecular formula is C21H26O. The first-order valence-corrected chi connectivity index (χ1v) is 8.59. The molecule has 0 N–H and O–H groups in total. The summed E-state index contributed by atoms with van der Waals surface area (Å²) >= 11 is 0. The number of benzene rings is 2. The van der Waals surface area contributed by atoms with E-state index in [1.54, 1.807) is 5.56 Å². The molecule has 2 aliphatic rings. The third kappa shape index (κ3) is 4.20. The van der Waals surface area contributed by atoms with Gasteiger partial charge in [0.1, 0.15) is 6.10 Å². The molecule has 1 atom stereocenters. The molecule has 2 fully saturated rings. The van der Waals surface area contributed by atoms with Crippen molar-refractivity contribution in [3.05, 3.63) is 70.8 Å². The predicted octanol–water partition coefficient (Wildman–Crippen LogP) is 5.45. The van der Waals surface area contributed by atoms with Gasteiger partial charge in [0.25, 0.3) is 0 Å². The van der Waals surface area contributed by atoms with Gasteiger partial charge >= 0.3 is 0 Å². The van der Waals surface area contributed by atoms with E-state index >= 15 is 0 Å². The quantitative estimate of drug-likeness (QED) is 0.683. The summed E-state index contributed by atoms with van der Waals surface area (Å²) in [7, 11) is 0. The van der Waals surface area contributed by atoms with E-state index in [9.17, 15) is 0 Å². The van der Waals surface area contributed by atoms with Crippen molar-refractivity contribution in [2.45, 2.75) is 51.6 Å². The topological polar surface area (TPSA) is 12.5 Å². The van der Waals surface area contributed by atoms with E-state index < -0.39 is 0 Å². The highest BCUT2D eigenvalue weighted by Crippen LogP contribution is 2.39. The van der Waals surface area contributed by atoms with Gasteiger partial charge in [0.05, 0.1) is 6.61 Å². The molecule has 2 aromatic carbocycles. The third-order valence-corrected chi connectivity index (χ3v) is 4.50. The summed E-state index contributed by atoms with van der Waals surface area (Å²) in [6.45, 7) is 5.28. The number of hydrogen-bond donors (Lipinski definition) is 0. The SMILES string of the molecule is CCc1ccc(C2CC2)cc1.CCc1cccc(C2CO2)c1. The van der Waals surface area contributed by atoms with Crippen LogP contribution in [0.3, 0.4) is 0 Å². The first kappa shape index (κ1) is 15.3. The molecule has 0 amide bonds. The van der Waals surface area contributed by atoms with Crippen LogP contribution < -0.4 is 0 Å². The van der Waals surface area contributed by atoms with Crippen molar-refractivity contribution in [2.75, 3.05) is 6.61 Å². The van der Waals surface area contributed by atoms with Gasteiger partial charge in [-0.05, 0) is 53.9 Å². The van der Waals surface area contributed by atoms with Crippen molar-refractivity contribution in [3.63, 3.8) is 0 Å². The lowest BCUT2D eigenvalue weighted by Gasteiger charge is -1.98. The monoisotopic (exact) mass is 294 g/mol. The van der Waals surface area contributed by atoms with Crippen LogP contribution in [0, 0.1) is 0 Å². The fraction of sp³-hybridized carbons (Fsp3) is 0.429. The number of ether oxygens (including phenoxy) is 1.